The van der Waals surface area contributed by atoms with Crippen LogP contribution in [-0.4, -0.2) is 34.5 Å². The van der Waals surface area contributed by atoms with Gasteiger partial charge in [-0.2, -0.15) is 0 Å². The molecule has 128 valence electrons. The van der Waals surface area contributed by atoms with Gasteiger partial charge >= 0.3 is 5.97 Å². The van der Waals surface area contributed by atoms with Gasteiger partial charge in [0, 0.05) is 31.1 Å². The third-order valence-corrected chi connectivity index (χ3v) is 4.88. The molecule has 0 saturated carbocycles. The lowest BCUT2D eigenvalue weighted by atomic mass is 9.94. The molecule has 2 bridgehead atoms. The number of fused-ring (bicyclic) bond motifs is 2. The topological polar surface area (TPSA) is 42.4 Å². The number of piperidine rings is 1. The Bertz CT molecular complexity index is 804. The second-order valence-corrected chi connectivity index (χ2v) is 6.70. The van der Waals surface area contributed by atoms with Gasteiger partial charge in [0.25, 0.3) is 0 Å². The van der Waals surface area contributed by atoms with Gasteiger partial charge in [-0.25, -0.2) is 9.18 Å². The van der Waals surface area contributed by atoms with Crippen LogP contribution >= 0.6 is 0 Å². The Morgan fingerprint density at radius 2 is 1.96 bits per heavy atom. The molecular formula is C20H19FN2O2. The van der Waals surface area contributed by atoms with Gasteiger partial charge in [0.05, 0.1) is 12.1 Å². The lowest BCUT2D eigenvalue weighted by Crippen LogP contribution is -2.42. The van der Waals surface area contributed by atoms with Gasteiger partial charge in [0.1, 0.15) is 11.4 Å². The first kappa shape index (κ1) is 15.8. The van der Waals surface area contributed by atoms with Gasteiger partial charge in [0.15, 0.2) is 0 Å². The van der Waals surface area contributed by atoms with E-state index in [1.807, 2.05) is 12.1 Å². The van der Waals surface area contributed by atoms with E-state index in [4.69, 9.17) is 4.74 Å². The van der Waals surface area contributed by atoms with Crippen molar-refractivity contribution in [2.45, 2.75) is 24.9 Å². The standard InChI is InChI=1S/C20H19FN2O2/c21-17-4-2-16(3-5-17)19(24)25-20-8-1-11-23(14-20)18(13-20)12-15-6-9-22-10-7-15/h2-7,9-10,12H,1,8,11,13-14H2/b18-12+. The molecule has 2 aromatic rings. The van der Waals surface area contributed by atoms with Crippen molar-refractivity contribution >= 4 is 12.0 Å². The third kappa shape index (κ3) is 3.27. The Kier molecular flexibility index (Phi) is 3.99. The molecule has 1 atom stereocenters. The van der Waals surface area contributed by atoms with Crippen LogP contribution in [0.4, 0.5) is 4.39 Å². The van der Waals surface area contributed by atoms with E-state index in [0.29, 0.717) is 12.0 Å². The Labute approximate surface area is 145 Å². The highest BCUT2D eigenvalue weighted by atomic mass is 19.1. The zero-order chi connectivity index (χ0) is 17.3. The molecule has 2 fully saturated rings. The second kappa shape index (κ2) is 6.31. The van der Waals surface area contributed by atoms with E-state index in [0.717, 1.165) is 31.5 Å². The molecule has 1 unspecified atom stereocenters. The number of carbonyl (C=O) groups excluding carboxylic acids is 1. The van der Waals surface area contributed by atoms with Crippen LogP contribution in [-0.2, 0) is 4.74 Å². The highest BCUT2D eigenvalue weighted by Crippen LogP contribution is 2.41. The average molecular weight is 338 g/mol. The molecule has 4 rings (SSSR count). The van der Waals surface area contributed by atoms with Crippen molar-refractivity contribution in [1.82, 2.24) is 9.88 Å². The number of ether oxygens (including phenoxy) is 1. The smallest absolute Gasteiger partial charge is 0.338 e. The molecule has 1 aromatic heterocycles. The molecule has 0 radical (unpaired) electrons. The fraction of sp³-hybridized carbons (Fsp3) is 0.300. The Hall–Kier alpha value is -2.69. The van der Waals surface area contributed by atoms with E-state index in [1.54, 1.807) is 12.4 Å². The minimum absolute atomic E-state index is 0.359. The van der Waals surface area contributed by atoms with Crippen molar-refractivity contribution in [3.63, 3.8) is 0 Å². The van der Waals surface area contributed by atoms with Crippen molar-refractivity contribution in [1.29, 1.82) is 0 Å². The summed E-state index contributed by atoms with van der Waals surface area (Å²) in [5, 5.41) is 0. The normalized spacial score (nSPS) is 23.7. The van der Waals surface area contributed by atoms with Crippen molar-refractivity contribution in [2.75, 3.05) is 13.1 Å². The third-order valence-electron chi connectivity index (χ3n) is 4.88. The minimum atomic E-state index is -0.484. The highest BCUT2D eigenvalue weighted by Gasteiger charge is 2.46. The number of halogens is 1. The predicted molar refractivity (Wildman–Crippen MR) is 92.2 cm³/mol. The number of hydrogen-bond acceptors (Lipinski definition) is 4. The average Bonchev–Trinajstić information content (AvgIpc) is 2.85. The summed E-state index contributed by atoms with van der Waals surface area (Å²) in [4.78, 5) is 18.8. The fourth-order valence-corrected chi connectivity index (χ4v) is 3.68. The van der Waals surface area contributed by atoms with Gasteiger partial charge in [-0.3, -0.25) is 4.98 Å². The molecule has 0 aliphatic carbocycles. The maximum atomic E-state index is 13.0. The summed E-state index contributed by atoms with van der Waals surface area (Å²) in [6.45, 7) is 1.70. The zero-order valence-electron chi connectivity index (χ0n) is 13.8. The first-order chi connectivity index (χ1) is 12.1. The summed E-state index contributed by atoms with van der Waals surface area (Å²) >= 11 is 0. The summed E-state index contributed by atoms with van der Waals surface area (Å²) in [5.74, 6) is -0.742. The maximum absolute atomic E-state index is 13.0. The summed E-state index contributed by atoms with van der Waals surface area (Å²) in [5.41, 5.74) is 2.19. The Balaban J connectivity index is 1.54. The number of aromatic nitrogens is 1. The van der Waals surface area contributed by atoms with Gasteiger partial charge in [0.2, 0.25) is 0 Å². The molecule has 1 aromatic carbocycles. The van der Waals surface area contributed by atoms with E-state index in [-0.39, 0.29) is 11.8 Å². The first-order valence-electron chi connectivity index (χ1n) is 8.48. The molecule has 2 saturated heterocycles. The van der Waals surface area contributed by atoms with Gasteiger partial charge in [-0.1, -0.05) is 0 Å². The van der Waals surface area contributed by atoms with Crippen LogP contribution in [0.5, 0.6) is 0 Å². The summed E-state index contributed by atoms with van der Waals surface area (Å²) in [7, 11) is 0. The Morgan fingerprint density at radius 1 is 1.20 bits per heavy atom. The fourth-order valence-electron chi connectivity index (χ4n) is 3.68. The van der Waals surface area contributed by atoms with E-state index in [2.05, 4.69) is 16.0 Å². The highest BCUT2D eigenvalue weighted by molar-refractivity contribution is 5.89. The molecule has 2 aliphatic rings. The molecule has 5 heteroatoms. The number of carbonyl (C=O) groups is 1. The van der Waals surface area contributed by atoms with Crippen molar-refractivity contribution in [3.05, 3.63) is 71.4 Å². The van der Waals surface area contributed by atoms with E-state index in [1.165, 1.54) is 30.0 Å². The van der Waals surface area contributed by atoms with Crippen LogP contribution in [0.2, 0.25) is 0 Å². The number of pyridine rings is 1. The molecule has 3 heterocycles. The summed E-state index contributed by atoms with van der Waals surface area (Å²) in [6, 6.07) is 9.44. The summed E-state index contributed by atoms with van der Waals surface area (Å²) in [6.07, 6.45) is 8.23. The van der Waals surface area contributed by atoms with Crippen molar-refractivity contribution < 1.29 is 13.9 Å². The number of hydrogen-bond donors (Lipinski definition) is 0. The van der Waals surface area contributed by atoms with Crippen LogP contribution in [0.1, 0.15) is 35.2 Å². The summed E-state index contributed by atoms with van der Waals surface area (Å²) < 4.78 is 19.0. The number of rotatable bonds is 3. The monoisotopic (exact) mass is 338 g/mol. The van der Waals surface area contributed by atoms with Crippen LogP contribution in [0, 0.1) is 5.82 Å². The molecule has 25 heavy (non-hydrogen) atoms. The van der Waals surface area contributed by atoms with Crippen LogP contribution in [0.25, 0.3) is 6.08 Å². The zero-order valence-corrected chi connectivity index (χ0v) is 13.8. The van der Waals surface area contributed by atoms with Crippen LogP contribution in [0.3, 0.4) is 0 Å². The van der Waals surface area contributed by atoms with E-state index < -0.39 is 5.60 Å². The lowest BCUT2D eigenvalue weighted by molar-refractivity contribution is -0.0270. The SMILES string of the molecule is O=C(OC12CCCN(C1)/C(=C/c1ccncc1)C2)c1ccc(F)cc1. The van der Waals surface area contributed by atoms with E-state index >= 15 is 0 Å². The predicted octanol–water partition coefficient (Wildman–Crippen LogP) is 3.66. The largest absolute Gasteiger partial charge is 0.453 e. The van der Waals surface area contributed by atoms with Crippen LogP contribution < -0.4 is 0 Å². The van der Waals surface area contributed by atoms with Crippen molar-refractivity contribution in [2.24, 2.45) is 0 Å². The number of esters is 1. The quantitative estimate of drug-likeness (QED) is 0.801. The first-order valence-corrected chi connectivity index (χ1v) is 8.48. The van der Waals surface area contributed by atoms with Crippen molar-refractivity contribution in [3.8, 4) is 0 Å². The lowest BCUT2D eigenvalue weighted by Gasteiger charge is -2.33. The van der Waals surface area contributed by atoms with Gasteiger partial charge in [-0.05, 0) is 60.9 Å². The maximum Gasteiger partial charge on any atom is 0.338 e. The molecule has 0 N–H and O–H groups in total. The van der Waals surface area contributed by atoms with Gasteiger partial charge < -0.3 is 9.64 Å². The number of nitrogens with zero attached hydrogens (tertiary/aromatic N) is 2. The Morgan fingerprint density at radius 3 is 2.72 bits per heavy atom. The molecule has 4 nitrogen and oxygen atoms in total. The minimum Gasteiger partial charge on any atom is -0.453 e. The molecular weight excluding hydrogens is 319 g/mol. The molecule has 0 amide bonds. The van der Waals surface area contributed by atoms with Gasteiger partial charge in [-0.15, -0.1) is 0 Å². The van der Waals surface area contributed by atoms with Crippen LogP contribution in [0.15, 0.2) is 54.5 Å². The molecule has 2 aliphatic heterocycles. The van der Waals surface area contributed by atoms with E-state index in [9.17, 15) is 9.18 Å². The second-order valence-electron chi connectivity index (χ2n) is 6.70. The molecule has 0 spiro atoms. The number of benzene rings is 1.